The summed E-state index contributed by atoms with van der Waals surface area (Å²) in [5.74, 6) is -1.53. The molecule has 3 aromatic heterocycles. The minimum Gasteiger partial charge on any atom is -0.350 e. The Balaban J connectivity index is 1.87. The number of thioether (sulfide) groups is 1. The molecular weight excluding hydrogens is 584 g/mol. The van der Waals surface area contributed by atoms with Crippen molar-refractivity contribution in [2.45, 2.75) is 57.4 Å². The van der Waals surface area contributed by atoms with Gasteiger partial charge < -0.3 is 9.80 Å². The second-order valence-corrected chi connectivity index (χ2v) is 12.2. The number of benzene rings is 1. The fourth-order valence-corrected chi connectivity index (χ4v) is 6.30. The minimum atomic E-state index is -0.753. The number of nitrogens with zero attached hydrogens (tertiary/aromatic N) is 7. The molecule has 1 aliphatic rings. The van der Waals surface area contributed by atoms with Crippen LogP contribution in [-0.4, -0.2) is 67.2 Å². The first-order valence-corrected chi connectivity index (χ1v) is 15.7. The Morgan fingerprint density at radius 3 is 2.34 bits per heavy atom. The minimum absolute atomic E-state index is 0.0131. The topological polar surface area (TPSA) is 97.1 Å². The van der Waals surface area contributed by atoms with Gasteiger partial charge in [0.25, 0.3) is 0 Å². The van der Waals surface area contributed by atoms with Crippen molar-refractivity contribution in [1.29, 1.82) is 0 Å². The van der Waals surface area contributed by atoms with E-state index in [0.717, 1.165) is 0 Å². The van der Waals surface area contributed by atoms with Crippen molar-refractivity contribution in [3.8, 4) is 16.9 Å². The fourth-order valence-electron chi connectivity index (χ4n) is 5.69. The molecule has 0 unspecified atom stereocenters. The van der Waals surface area contributed by atoms with Gasteiger partial charge in [-0.15, -0.1) is 11.8 Å². The maximum atomic E-state index is 16.1. The molecule has 12 heteroatoms. The molecule has 0 bridgehead atoms. The molecule has 0 N–H and O–H groups in total. The summed E-state index contributed by atoms with van der Waals surface area (Å²) in [7, 11) is 0. The maximum Gasteiger partial charge on any atom is 0.355 e. The number of carbonyl (C=O) groups is 1. The van der Waals surface area contributed by atoms with Gasteiger partial charge in [-0.05, 0) is 49.3 Å². The Kier molecular flexibility index (Phi) is 8.83. The molecule has 0 saturated carbocycles. The molecule has 5 rings (SSSR count). The fraction of sp³-hybridized carbons (Fsp3) is 0.375. The van der Waals surface area contributed by atoms with Gasteiger partial charge in [0.2, 0.25) is 5.91 Å². The third kappa shape index (κ3) is 5.47. The summed E-state index contributed by atoms with van der Waals surface area (Å²) >= 11 is 1.27. The van der Waals surface area contributed by atoms with Gasteiger partial charge in [0.15, 0.2) is 11.5 Å². The molecule has 230 valence electrons. The highest BCUT2D eigenvalue weighted by Crippen LogP contribution is 2.37. The van der Waals surface area contributed by atoms with Crippen LogP contribution in [0.25, 0.3) is 28.0 Å². The van der Waals surface area contributed by atoms with Gasteiger partial charge in [0, 0.05) is 30.6 Å². The van der Waals surface area contributed by atoms with Crippen LogP contribution in [0.4, 0.5) is 14.6 Å². The summed E-state index contributed by atoms with van der Waals surface area (Å²) in [6, 6.07) is 5.53. The molecule has 1 fully saturated rings. The van der Waals surface area contributed by atoms with Gasteiger partial charge in [-0.2, -0.15) is 4.98 Å². The van der Waals surface area contributed by atoms with Gasteiger partial charge in [0.05, 0.1) is 28.0 Å². The largest absolute Gasteiger partial charge is 0.355 e. The first kappa shape index (κ1) is 31.2. The molecule has 1 amide bonds. The van der Waals surface area contributed by atoms with Crippen LogP contribution in [0.5, 0.6) is 0 Å². The smallest absolute Gasteiger partial charge is 0.350 e. The number of hydrogen-bond acceptors (Lipinski definition) is 8. The van der Waals surface area contributed by atoms with Crippen molar-refractivity contribution >= 4 is 34.5 Å². The number of halogens is 2. The quantitative estimate of drug-likeness (QED) is 0.192. The SMILES string of the molecule is C=CC(=O)N1CCN(c2nc(=O)n(-c3c(C(C)C)ncnc3C(C)C)c3nc(-c4c(F)cccc4SC)c(F)cc23)[C@@H](C)C1. The number of hydrogen-bond donors (Lipinski definition) is 0. The maximum absolute atomic E-state index is 16.1. The molecule has 0 radical (unpaired) electrons. The molecule has 0 spiro atoms. The zero-order valence-corrected chi connectivity index (χ0v) is 26.5. The molecule has 4 heterocycles. The van der Waals surface area contributed by atoms with Crippen LogP contribution in [0.15, 0.2) is 52.9 Å². The van der Waals surface area contributed by atoms with E-state index in [0.29, 0.717) is 41.6 Å². The third-order valence-electron chi connectivity index (χ3n) is 7.82. The molecule has 9 nitrogen and oxygen atoms in total. The van der Waals surface area contributed by atoms with E-state index in [1.54, 1.807) is 23.3 Å². The molecular formula is C32H35F2N7O2S. The Hall–Kier alpha value is -4.19. The van der Waals surface area contributed by atoms with E-state index in [2.05, 4.69) is 21.5 Å². The molecule has 1 aliphatic heterocycles. The summed E-state index contributed by atoms with van der Waals surface area (Å²) in [6.07, 6.45) is 4.51. The summed E-state index contributed by atoms with van der Waals surface area (Å²) in [6.45, 7) is 14.4. The lowest BCUT2D eigenvalue weighted by Crippen LogP contribution is -2.54. The van der Waals surface area contributed by atoms with E-state index >= 15 is 8.78 Å². The van der Waals surface area contributed by atoms with E-state index in [9.17, 15) is 9.59 Å². The van der Waals surface area contributed by atoms with Gasteiger partial charge >= 0.3 is 5.69 Å². The van der Waals surface area contributed by atoms with Crippen molar-refractivity contribution in [3.63, 3.8) is 0 Å². The first-order chi connectivity index (χ1) is 21.0. The second-order valence-electron chi connectivity index (χ2n) is 11.4. The standard InChI is InChI=1S/C32H35F2N7O2S/c1-8-24(42)39-12-13-40(19(6)15-39)30-20-14-22(34)28(25-21(33)10-9-11-23(25)44-7)37-31(20)41(32(43)38-30)29-26(17(2)3)35-16-36-27(29)18(4)5/h8-11,14,16-19H,1,12-13,15H2,2-7H3/t19-/m0/s1. The highest BCUT2D eigenvalue weighted by molar-refractivity contribution is 7.98. The van der Waals surface area contributed by atoms with Crippen LogP contribution in [0.2, 0.25) is 0 Å². The van der Waals surface area contributed by atoms with E-state index < -0.39 is 17.3 Å². The van der Waals surface area contributed by atoms with Crippen molar-refractivity contribution < 1.29 is 13.6 Å². The average Bonchev–Trinajstić information content (AvgIpc) is 3.00. The number of amides is 1. The summed E-state index contributed by atoms with van der Waals surface area (Å²) in [5.41, 5.74) is 0.913. The van der Waals surface area contributed by atoms with Crippen LogP contribution < -0.4 is 10.6 Å². The Morgan fingerprint density at radius 2 is 1.75 bits per heavy atom. The number of aromatic nitrogens is 5. The predicted octanol–water partition coefficient (Wildman–Crippen LogP) is 5.71. The number of fused-ring (bicyclic) bond motifs is 1. The van der Waals surface area contributed by atoms with Crippen molar-refractivity contribution in [2.24, 2.45) is 0 Å². The zero-order chi connectivity index (χ0) is 31.9. The molecule has 1 aromatic carbocycles. The van der Waals surface area contributed by atoms with Crippen LogP contribution in [0, 0.1) is 11.6 Å². The Labute approximate surface area is 259 Å². The molecule has 0 aliphatic carbocycles. The zero-order valence-electron chi connectivity index (χ0n) is 25.6. The van der Waals surface area contributed by atoms with E-state index in [-0.39, 0.29) is 51.9 Å². The summed E-state index contributed by atoms with van der Waals surface area (Å²) < 4.78 is 32.8. The van der Waals surface area contributed by atoms with Crippen LogP contribution >= 0.6 is 11.8 Å². The average molecular weight is 620 g/mol. The lowest BCUT2D eigenvalue weighted by atomic mass is 10.0. The number of rotatable bonds is 7. The Morgan fingerprint density at radius 1 is 1.07 bits per heavy atom. The molecule has 1 saturated heterocycles. The first-order valence-electron chi connectivity index (χ1n) is 14.5. The van der Waals surface area contributed by atoms with Crippen molar-refractivity contribution in [3.05, 3.63) is 76.8 Å². The number of carbonyl (C=O) groups excluding carboxylic acids is 1. The molecule has 1 atom stereocenters. The van der Waals surface area contributed by atoms with Crippen molar-refractivity contribution in [2.75, 3.05) is 30.8 Å². The predicted molar refractivity (Wildman–Crippen MR) is 170 cm³/mol. The lowest BCUT2D eigenvalue weighted by Gasteiger charge is -2.40. The number of anilines is 1. The number of piperazine rings is 1. The van der Waals surface area contributed by atoms with Gasteiger partial charge in [0.1, 0.15) is 23.7 Å². The van der Waals surface area contributed by atoms with Crippen molar-refractivity contribution in [1.82, 2.24) is 29.4 Å². The second kappa shape index (κ2) is 12.4. The van der Waals surface area contributed by atoms with Gasteiger partial charge in [-0.25, -0.2) is 33.1 Å². The van der Waals surface area contributed by atoms with Crippen LogP contribution in [-0.2, 0) is 4.79 Å². The summed E-state index contributed by atoms with van der Waals surface area (Å²) in [4.78, 5) is 48.8. The van der Waals surface area contributed by atoms with Gasteiger partial charge in [-0.1, -0.05) is 40.3 Å². The van der Waals surface area contributed by atoms with E-state index in [4.69, 9.17) is 4.98 Å². The normalized spacial score (nSPS) is 15.5. The molecule has 4 aromatic rings. The van der Waals surface area contributed by atoms with E-state index in [1.807, 2.05) is 39.5 Å². The van der Waals surface area contributed by atoms with Gasteiger partial charge in [-0.3, -0.25) is 4.79 Å². The monoisotopic (exact) mass is 619 g/mol. The summed E-state index contributed by atoms with van der Waals surface area (Å²) in [5, 5.41) is 0.275. The highest BCUT2D eigenvalue weighted by atomic mass is 32.2. The van der Waals surface area contributed by atoms with E-state index in [1.165, 1.54) is 40.9 Å². The third-order valence-corrected chi connectivity index (χ3v) is 8.60. The Bertz CT molecular complexity index is 1800. The lowest BCUT2D eigenvalue weighted by molar-refractivity contribution is -0.126. The highest BCUT2D eigenvalue weighted by Gasteiger charge is 2.31. The number of pyridine rings is 1. The van der Waals surface area contributed by atoms with Crippen LogP contribution in [0.1, 0.15) is 57.8 Å². The van der Waals surface area contributed by atoms with Crippen LogP contribution in [0.3, 0.4) is 0 Å². The molecule has 44 heavy (non-hydrogen) atoms.